The van der Waals surface area contributed by atoms with Gasteiger partial charge in [-0.3, -0.25) is 9.59 Å². The number of carbonyl (C=O) groups excluding carboxylic acids is 2. The van der Waals surface area contributed by atoms with Crippen LogP contribution >= 0.6 is 0 Å². The summed E-state index contributed by atoms with van der Waals surface area (Å²) in [7, 11) is 0. The molecule has 1 aliphatic rings. The second-order valence-electron chi connectivity index (χ2n) is 4.98. The largest absolute Gasteiger partial charge is 0.367 e. The molecule has 0 spiro atoms. The van der Waals surface area contributed by atoms with Crippen molar-refractivity contribution in [3.8, 4) is 0 Å². The zero-order valence-corrected chi connectivity index (χ0v) is 11.3. The fourth-order valence-corrected chi connectivity index (χ4v) is 2.41. The second-order valence-corrected chi connectivity index (χ2v) is 4.98. The smallest absolute Gasteiger partial charge is 0.255 e. The highest BCUT2D eigenvalue weighted by atomic mass is 16.2. The van der Waals surface area contributed by atoms with Gasteiger partial charge in [-0.05, 0) is 25.3 Å². The van der Waals surface area contributed by atoms with Crippen LogP contribution in [0.2, 0.25) is 0 Å². The molecule has 1 aliphatic heterocycles. The molecule has 2 heterocycles. The standard InChI is InChI=1S/C14H21N3O2/c1-2-6-16-13(18)12-4-3-8-17(10-12)14(19)11-5-7-15-9-11/h5,7,9,12,15H,2-4,6,8,10H2,1H3,(H,16,18). The molecule has 0 bridgehead atoms. The van der Waals surface area contributed by atoms with E-state index >= 15 is 0 Å². The molecule has 1 unspecified atom stereocenters. The first-order chi connectivity index (χ1) is 9.22. The first-order valence-electron chi connectivity index (χ1n) is 6.92. The fourth-order valence-electron chi connectivity index (χ4n) is 2.41. The Morgan fingerprint density at radius 3 is 3.05 bits per heavy atom. The van der Waals surface area contributed by atoms with Crippen molar-refractivity contribution in [1.82, 2.24) is 15.2 Å². The minimum Gasteiger partial charge on any atom is -0.367 e. The lowest BCUT2D eigenvalue weighted by molar-refractivity contribution is -0.126. The number of rotatable bonds is 4. The number of piperidine rings is 1. The zero-order chi connectivity index (χ0) is 13.7. The lowest BCUT2D eigenvalue weighted by atomic mass is 9.96. The number of carbonyl (C=O) groups is 2. The summed E-state index contributed by atoms with van der Waals surface area (Å²) in [6.45, 7) is 4.01. The molecule has 1 aromatic heterocycles. The number of aromatic nitrogens is 1. The Bertz CT molecular complexity index is 428. The molecule has 0 saturated carbocycles. The quantitative estimate of drug-likeness (QED) is 0.862. The van der Waals surface area contributed by atoms with E-state index < -0.39 is 0 Å². The first kappa shape index (κ1) is 13.6. The van der Waals surface area contributed by atoms with E-state index in [0.717, 1.165) is 25.8 Å². The molecule has 2 rings (SSSR count). The topological polar surface area (TPSA) is 65.2 Å². The molecule has 5 heteroatoms. The number of H-pyrrole nitrogens is 1. The third kappa shape index (κ3) is 3.36. The Hall–Kier alpha value is -1.78. The van der Waals surface area contributed by atoms with Gasteiger partial charge in [-0.1, -0.05) is 6.92 Å². The Balaban J connectivity index is 1.93. The van der Waals surface area contributed by atoms with Gasteiger partial charge in [0.1, 0.15) is 0 Å². The molecule has 19 heavy (non-hydrogen) atoms. The average molecular weight is 263 g/mol. The number of hydrogen-bond acceptors (Lipinski definition) is 2. The number of likely N-dealkylation sites (tertiary alicyclic amines) is 1. The zero-order valence-electron chi connectivity index (χ0n) is 11.3. The summed E-state index contributed by atoms with van der Waals surface area (Å²) in [4.78, 5) is 28.8. The number of aromatic amines is 1. The van der Waals surface area contributed by atoms with Gasteiger partial charge in [-0.2, -0.15) is 0 Å². The maximum atomic E-state index is 12.2. The van der Waals surface area contributed by atoms with Crippen LogP contribution in [0.15, 0.2) is 18.5 Å². The molecule has 1 aromatic rings. The van der Waals surface area contributed by atoms with Crippen molar-refractivity contribution in [3.63, 3.8) is 0 Å². The maximum absolute atomic E-state index is 12.2. The summed E-state index contributed by atoms with van der Waals surface area (Å²) >= 11 is 0. The van der Waals surface area contributed by atoms with Crippen LogP contribution in [0.3, 0.4) is 0 Å². The summed E-state index contributed by atoms with van der Waals surface area (Å²) in [5, 5.41) is 2.91. The highest BCUT2D eigenvalue weighted by Crippen LogP contribution is 2.18. The lowest BCUT2D eigenvalue weighted by Gasteiger charge is -2.31. The number of amides is 2. The van der Waals surface area contributed by atoms with Gasteiger partial charge in [0.2, 0.25) is 5.91 Å². The monoisotopic (exact) mass is 263 g/mol. The van der Waals surface area contributed by atoms with Gasteiger partial charge in [0.15, 0.2) is 0 Å². The summed E-state index contributed by atoms with van der Waals surface area (Å²) < 4.78 is 0. The summed E-state index contributed by atoms with van der Waals surface area (Å²) in [5.41, 5.74) is 0.662. The number of nitrogens with one attached hydrogen (secondary N) is 2. The lowest BCUT2D eigenvalue weighted by Crippen LogP contribution is -2.45. The average Bonchev–Trinajstić information content (AvgIpc) is 2.98. The van der Waals surface area contributed by atoms with Crippen molar-refractivity contribution in [2.24, 2.45) is 5.92 Å². The fraction of sp³-hybridized carbons (Fsp3) is 0.571. The van der Waals surface area contributed by atoms with Crippen molar-refractivity contribution in [3.05, 3.63) is 24.0 Å². The molecule has 5 nitrogen and oxygen atoms in total. The van der Waals surface area contributed by atoms with Gasteiger partial charge >= 0.3 is 0 Å². The van der Waals surface area contributed by atoms with Crippen molar-refractivity contribution in [1.29, 1.82) is 0 Å². The summed E-state index contributed by atoms with van der Waals surface area (Å²) in [6, 6.07) is 1.77. The molecule has 104 valence electrons. The molecule has 2 N–H and O–H groups in total. The van der Waals surface area contributed by atoms with E-state index in [0.29, 0.717) is 18.7 Å². The van der Waals surface area contributed by atoms with E-state index in [4.69, 9.17) is 0 Å². The predicted molar refractivity (Wildman–Crippen MR) is 72.7 cm³/mol. The van der Waals surface area contributed by atoms with E-state index in [1.165, 1.54) is 0 Å². The predicted octanol–water partition coefficient (Wildman–Crippen LogP) is 1.39. The van der Waals surface area contributed by atoms with Gasteiger partial charge < -0.3 is 15.2 Å². The molecular formula is C14H21N3O2. The molecule has 1 atom stereocenters. The van der Waals surface area contributed by atoms with E-state index in [1.807, 2.05) is 6.92 Å². The van der Waals surface area contributed by atoms with Crippen molar-refractivity contribution >= 4 is 11.8 Å². The van der Waals surface area contributed by atoms with Crippen LogP contribution in [0.4, 0.5) is 0 Å². The van der Waals surface area contributed by atoms with Gasteiger partial charge in [0.25, 0.3) is 5.91 Å². The van der Waals surface area contributed by atoms with Crippen molar-refractivity contribution < 1.29 is 9.59 Å². The minimum absolute atomic E-state index is 0.00856. The van der Waals surface area contributed by atoms with Gasteiger partial charge in [0.05, 0.1) is 11.5 Å². The third-order valence-electron chi connectivity index (χ3n) is 3.47. The van der Waals surface area contributed by atoms with Crippen LogP contribution in [0, 0.1) is 5.92 Å². The molecule has 1 saturated heterocycles. The van der Waals surface area contributed by atoms with Crippen LogP contribution in [-0.2, 0) is 4.79 Å². The molecule has 0 radical (unpaired) electrons. The highest BCUT2D eigenvalue weighted by molar-refractivity contribution is 5.94. The molecule has 0 aliphatic carbocycles. The molecule has 1 fully saturated rings. The van der Waals surface area contributed by atoms with Crippen LogP contribution in [0.5, 0.6) is 0 Å². The van der Waals surface area contributed by atoms with Crippen LogP contribution in [-0.4, -0.2) is 41.3 Å². The first-order valence-corrected chi connectivity index (χ1v) is 6.92. The van der Waals surface area contributed by atoms with Crippen molar-refractivity contribution in [2.45, 2.75) is 26.2 Å². The van der Waals surface area contributed by atoms with E-state index in [9.17, 15) is 9.59 Å². The third-order valence-corrected chi connectivity index (χ3v) is 3.47. The SMILES string of the molecule is CCCNC(=O)C1CCCN(C(=O)c2cc[nH]c2)C1. The van der Waals surface area contributed by atoms with Gasteiger partial charge in [-0.25, -0.2) is 0 Å². The Morgan fingerprint density at radius 1 is 1.53 bits per heavy atom. The molecule has 0 aromatic carbocycles. The highest BCUT2D eigenvalue weighted by Gasteiger charge is 2.28. The van der Waals surface area contributed by atoms with Crippen molar-refractivity contribution in [2.75, 3.05) is 19.6 Å². The van der Waals surface area contributed by atoms with E-state index in [-0.39, 0.29) is 17.7 Å². The van der Waals surface area contributed by atoms with Crippen LogP contribution in [0.25, 0.3) is 0 Å². The minimum atomic E-state index is -0.0665. The van der Waals surface area contributed by atoms with Crippen LogP contribution < -0.4 is 5.32 Å². The number of hydrogen-bond donors (Lipinski definition) is 2. The van der Waals surface area contributed by atoms with E-state index in [2.05, 4.69) is 10.3 Å². The van der Waals surface area contributed by atoms with Gasteiger partial charge in [0, 0.05) is 32.0 Å². The normalized spacial score (nSPS) is 19.2. The van der Waals surface area contributed by atoms with Gasteiger partial charge in [-0.15, -0.1) is 0 Å². The Kier molecular flexibility index (Phi) is 4.60. The summed E-state index contributed by atoms with van der Waals surface area (Å²) in [5.74, 6) is 0.0193. The Morgan fingerprint density at radius 2 is 2.37 bits per heavy atom. The van der Waals surface area contributed by atoms with Crippen LogP contribution in [0.1, 0.15) is 36.5 Å². The molecule has 2 amide bonds. The van der Waals surface area contributed by atoms with E-state index in [1.54, 1.807) is 23.4 Å². The molecular weight excluding hydrogens is 242 g/mol. The Labute approximate surface area is 113 Å². The number of nitrogens with zero attached hydrogens (tertiary/aromatic N) is 1. The second kappa shape index (κ2) is 6.41. The maximum Gasteiger partial charge on any atom is 0.255 e. The summed E-state index contributed by atoms with van der Waals surface area (Å²) in [6.07, 6.45) is 6.13.